The first-order chi connectivity index (χ1) is 8.56. The molecule has 18 heavy (non-hydrogen) atoms. The zero-order chi connectivity index (χ0) is 13.7. The van der Waals surface area contributed by atoms with Crippen molar-refractivity contribution >= 4 is 0 Å². The van der Waals surface area contributed by atoms with Gasteiger partial charge in [-0.3, -0.25) is 0 Å². The summed E-state index contributed by atoms with van der Waals surface area (Å²) in [6, 6.07) is 1.97. The molecule has 102 valence electrons. The van der Waals surface area contributed by atoms with E-state index in [1.54, 1.807) is 6.92 Å². The molecule has 0 aliphatic heterocycles. The molecular weight excluding hydrogens is 240 g/mol. The summed E-state index contributed by atoms with van der Waals surface area (Å²) in [4.78, 5) is 0. The first kappa shape index (κ1) is 15.0. The van der Waals surface area contributed by atoms with Crippen LogP contribution in [0.15, 0.2) is 12.1 Å². The van der Waals surface area contributed by atoms with E-state index in [1.165, 1.54) is 26.4 Å². The molecule has 0 aliphatic carbocycles. The highest BCUT2D eigenvalue weighted by molar-refractivity contribution is 5.29. The molecule has 1 unspecified atom stereocenters. The van der Waals surface area contributed by atoms with E-state index in [0.717, 1.165) is 0 Å². The average Bonchev–Trinajstić information content (AvgIpc) is 2.36. The number of nitrogens with one attached hydrogen (secondary N) is 1. The van der Waals surface area contributed by atoms with Crippen molar-refractivity contribution in [3.05, 3.63) is 34.9 Å². The summed E-state index contributed by atoms with van der Waals surface area (Å²) in [7, 11) is 2.87. The van der Waals surface area contributed by atoms with Gasteiger partial charge in [-0.25, -0.2) is 8.78 Å². The molecule has 1 rings (SSSR count). The van der Waals surface area contributed by atoms with E-state index < -0.39 is 24.0 Å². The monoisotopic (exact) mass is 259 g/mol. The Labute approximate surface area is 106 Å². The first-order valence-corrected chi connectivity index (χ1v) is 5.80. The molecule has 0 bridgehead atoms. The number of aryl methyl sites for hydroxylation is 1. The Morgan fingerprint density at radius 2 is 1.83 bits per heavy atom. The van der Waals surface area contributed by atoms with Crippen LogP contribution in [0.4, 0.5) is 8.78 Å². The van der Waals surface area contributed by atoms with Gasteiger partial charge < -0.3 is 14.8 Å². The predicted octanol–water partition coefficient (Wildman–Crippen LogP) is 2.54. The Kier molecular flexibility index (Phi) is 5.65. The summed E-state index contributed by atoms with van der Waals surface area (Å²) in [5.74, 6) is -1.18. The summed E-state index contributed by atoms with van der Waals surface area (Å²) in [6.07, 6.45) is -0.754. The fourth-order valence-corrected chi connectivity index (χ4v) is 1.89. The van der Waals surface area contributed by atoms with E-state index >= 15 is 0 Å². The quantitative estimate of drug-likeness (QED) is 0.796. The third kappa shape index (κ3) is 3.04. The smallest absolute Gasteiger partial charge is 0.176 e. The van der Waals surface area contributed by atoms with Crippen LogP contribution in [-0.4, -0.2) is 27.1 Å². The van der Waals surface area contributed by atoms with Gasteiger partial charge in [0.15, 0.2) is 6.29 Å². The molecule has 1 N–H and O–H groups in total. The third-order valence-corrected chi connectivity index (χ3v) is 2.79. The van der Waals surface area contributed by atoms with Crippen molar-refractivity contribution in [1.82, 2.24) is 5.32 Å². The number of halogens is 2. The normalized spacial score (nSPS) is 13.1. The molecule has 0 saturated carbocycles. The van der Waals surface area contributed by atoms with Crippen LogP contribution in [0.5, 0.6) is 0 Å². The summed E-state index contributed by atoms with van der Waals surface area (Å²) < 4.78 is 38.1. The molecule has 5 heteroatoms. The van der Waals surface area contributed by atoms with E-state index in [2.05, 4.69) is 5.32 Å². The van der Waals surface area contributed by atoms with E-state index in [9.17, 15) is 8.78 Å². The molecule has 1 aromatic rings. The van der Waals surface area contributed by atoms with Gasteiger partial charge in [0.1, 0.15) is 11.6 Å². The Morgan fingerprint density at radius 3 is 2.33 bits per heavy atom. The van der Waals surface area contributed by atoms with Gasteiger partial charge in [-0.15, -0.1) is 0 Å². The van der Waals surface area contributed by atoms with Crippen molar-refractivity contribution in [2.75, 3.05) is 20.8 Å². The number of hydrogen-bond donors (Lipinski definition) is 1. The molecule has 1 atom stereocenters. The minimum absolute atomic E-state index is 0.0504. The lowest BCUT2D eigenvalue weighted by Crippen LogP contribution is -2.36. The number of hydrogen-bond acceptors (Lipinski definition) is 3. The van der Waals surface area contributed by atoms with Crippen LogP contribution in [0.2, 0.25) is 0 Å². The Bertz CT molecular complexity index is 395. The van der Waals surface area contributed by atoms with Gasteiger partial charge in [0.05, 0.1) is 6.04 Å². The van der Waals surface area contributed by atoms with Gasteiger partial charge in [-0.2, -0.15) is 0 Å². The molecule has 0 heterocycles. The van der Waals surface area contributed by atoms with E-state index in [0.29, 0.717) is 12.1 Å². The summed E-state index contributed by atoms with van der Waals surface area (Å²) in [5, 5.41) is 2.98. The standard InChI is InChI=1S/C13H19F2NO2/c1-5-16-12(13(17-3)18-4)10-9(14)7-6-8(2)11(10)15/h6-7,12-13,16H,5H2,1-4H3. The molecule has 0 aliphatic rings. The number of methoxy groups -OCH3 is 2. The van der Waals surface area contributed by atoms with E-state index in [-0.39, 0.29) is 5.56 Å². The van der Waals surface area contributed by atoms with Crippen molar-refractivity contribution in [1.29, 1.82) is 0 Å². The largest absolute Gasteiger partial charge is 0.354 e. The SMILES string of the molecule is CCNC(c1c(F)ccc(C)c1F)C(OC)OC. The Morgan fingerprint density at radius 1 is 1.22 bits per heavy atom. The fourth-order valence-electron chi connectivity index (χ4n) is 1.89. The molecule has 0 radical (unpaired) electrons. The summed E-state index contributed by atoms with van der Waals surface area (Å²) in [6.45, 7) is 3.98. The van der Waals surface area contributed by atoms with Crippen LogP contribution in [0, 0.1) is 18.6 Å². The van der Waals surface area contributed by atoms with Crippen LogP contribution in [0.1, 0.15) is 24.1 Å². The van der Waals surface area contributed by atoms with Crippen molar-refractivity contribution in [3.63, 3.8) is 0 Å². The molecular formula is C13H19F2NO2. The summed E-state index contributed by atoms with van der Waals surface area (Å²) >= 11 is 0. The first-order valence-electron chi connectivity index (χ1n) is 5.80. The Hall–Kier alpha value is -1.04. The highest BCUT2D eigenvalue weighted by Crippen LogP contribution is 2.27. The Balaban J connectivity index is 3.24. The van der Waals surface area contributed by atoms with Gasteiger partial charge in [0.25, 0.3) is 0 Å². The highest BCUT2D eigenvalue weighted by Gasteiger charge is 2.28. The maximum atomic E-state index is 14.1. The minimum atomic E-state index is -0.754. The average molecular weight is 259 g/mol. The molecule has 0 aromatic heterocycles. The zero-order valence-electron chi connectivity index (χ0n) is 11.1. The molecule has 0 spiro atoms. The molecule has 0 fully saturated rings. The topological polar surface area (TPSA) is 30.5 Å². The van der Waals surface area contributed by atoms with E-state index in [4.69, 9.17) is 9.47 Å². The van der Waals surface area contributed by atoms with Gasteiger partial charge >= 0.3 is 0 Å². The second-order valence-electron chi connectivity index (χ2n) is 3.97. The number of rotatable bonds is 6. The number of benzene rings is 1. The number of likely N-dealkylation sites (N-methyl/N-ethyl adjacent to an activating group) is 1. The van der Waals surface area contributed by atoms with Crippen molar-refractivity contribution in [3.8, 4) is 0 Å². The van der Waals surface area contributed by atoms with Crippen molar-refractivity contribution in [2.45, 2.75) is 26.2 Å². The predicted molar refractivity (Wildman–Crippen MR) is 65.3 cm³/mol. The molecule has 3 nitrogen and oxygen atoms in total. The lowest BCUT2D eigenvalue weighted by Gasteiger charge is -2.26. The third-order valence-electron chi connectivity index (χ3n) is 2.79. The lowest BCUT2D eigenvalue weighted by atomic mass is 10.0. The maximum Gasteiger partial charge on any atom is 0.176 e. The molecule has 0 saturated heterocycles. The fraction of sp³-hybridized carbons (Fsp3) is 0.538. The van der Waals surface area contributed by atoms with Crippen molar-refractivity contribution in [2.24, 2.45) is 0 Å². The van der Waals surface area contributed by atoms with Crippen LogP contribution in [0.25, 0.3) is 0 Å². The lowest BCUT2D eigenvalue weighted by molar-refractivity contribution is -0.125. The van der Waals surface area contributed by atoms with Gasteiger partial charge in [0, 0.05) is 19.8 Å². The van der Waals surface area contributed by atoms with Crippen LogP contribution >= 0.6 is 0 Å². The summed E-state index contributed by atoms with van der Waals surface area (Å²) in [5.41, 5.74) is 0.339. The van der Waals surface area contributed by atoms with E-state index in [1.807, 2.05) is 6.92 Å². The second-order valence-corrected chi connectivity index (χ2v) is 3.97. The molecule has 1 aromatic carbocycles. The van der Waals surface area contributed by atoms with Gasteiger partial charge in [-0.1, -0.05) is 13.0 Å². The maximum absolute atomic E-state index is 14.1. The van der Waals surface area contributed by atoms with Gasteiger partial charge in [0.2, 0.25) is 0 Å². The zero-order valence-corrected chi connectivity index (χ0v) is 11.1. The highest BCUT2D eigenvalue weighted by atomic mass is 19.1. The van der Waals surface area contributed by atoms with Crippen molar-refractivity contribution < 1.29 is 18.3 Å². The van der Waals surface area contributed by atoms with Gasteiger partial charge in [-0.05, 0) is 25.1 Å². The second kappa shape index (κ2) is 6.78. The molecule has 0 amide bonds. The van der Waals surface area contributed by atoms with Crippen LogP contribution < -0.4 is 5.32 Å². The number of ether oxygens (including phenoxy) is 2. The minimum Gasteiger partial charge on any atom is -0.354 e. The van der Waals surface area contributed by atoms with Crippen LogP contribution in [0.3, 0.4) is 0 Å². The van der Waals surface area contributed by atoms with Crippen LogP contribution in [-0.2, 0) is 9.47 Å².